The quantitative estimate of drug-likeness (QED) is 0.784. The largest absolute Gasteiger partial charge is 0.416 e. The van der Waals surface area contributed by atoms with Crippen molar-refractivity contribution in [1.82, 2.24) is 5.32 Å². The summed E-state index contributed by atoms with van der Waals surface area (Å²) in [5.74, 6) is -1.61. The Morgan fingerprint density at radius 1 is 1.22 bits per heavy atom. The zero-order valence-corrected chi connectivity index (χ0v) is 9.25. The molecule has 3 nitrogen and oxygen atoms in total. The molecule has 1 heterocycles. The van der Waals surface area contributed by atoms with Gasteiger partial charge in [0.05, 0.1) is 11.5 Å². The van der Waals surface area contributed by atoms with Gasteiger partial charge in [0, 0.05) is 6.42 Å². The number of alkyl halides is 3. The smallest absolute Gasteiger partial charge is 0.296 e. The van der Waals surface area contributed by atoms with E-state index in [2.05, 4.69) is 5.32 Å². The van der Waals surface area contributed by atoms with E-state index in [9.17, 15) is 22.8 Å². The summed E-state index contributed by atoms with van der Waals surface area (Å²) < 4.78 is 37.6. The van der Waals surface area contributed by atoms with Crippen LogP contribution in [0.15, 0.2) is 24.3 Å². The highest BCUT2D eigenvalue weighted by molar-refractivity contribution is 6.00. The zero-order valence-electron chi connectivity index (χ0n) is 9.25. The van der Waals surface area contributed by atoms with Gasteiger partial charge in [0.2, 0.25) is 11.8 Å². The third-order valence-electron chi connectivity index (χ3n) is 2.86. The molecule has 96 valence electrons. The van der Waals surface area contributed by atoms with Gasteiger partial charge in [-0.05, 0) is 18.1 Å². The molecule has 18 heavy (non-hydrogen) atoms. The van der Waals surface area contributed by atoms with Gasteiger partial charge in [0.1, 0.15) is 0 Å². The topological polar surface area (TPSA) is 46.2 Å². The maximum absolute atomic E-state index is 12.5. The second-order valence-corrected chi connectivity index (χ2v) is 4.13. The van der Waals surface area contributed by atoms with E-state index in [-0.39, 0.29) is 24.3 Å². The molecular weight excluding hydrogens is 247 g/mol. The number of benzene rings is 1. The molecule has 1 atom stereocenters. The molecule has 1 unspecified atom stereocenters. The van der Waals surface area contributed by atoms with Crippen LogP contribution in [0.1, 0.15) is 29.9 Å². The molecular formula is C12H10F3NO2. The van der Waals surface area contributed by atoms with E-state index in [4.69, 9.17) is 0 Å². The van der Waals surface area contributed by atoms with Crippen molar-refractivity contribution in [3.8, 4) is 0 Å². The van der Waals surface area contributed by atoms with Crippen molar-refractivity contribution in [2.24, 2.45) is 0 Å². The van der Waals surface area contributed by atoms with Crippen LogP contribution < -0.4 is 5.32 Å². The Bertz CT molecular complexity index is 496. The third kappa shape index (κ3) is 2.52. The molecule has 1 aromatic carbocycles. The van der Waals surface area contributed by atoms with Gasteiger partial charge in [-0.25, -0.2) is 0 Å². The molecule has 0 saturated carbocycles. The van der Waals surface area contributed by atoms with Gasteiger partial charge in [0.25, 0.3) is 0 Å². The third-order valence-corrected chi connectivity index (χ3v) is 2.86. The molecule has 1 aliphatic rings. The summed E-state index contributed by atoms with van der Waals surface area (Å²) in [5.41, 5.74) is -0.500. The van der Waals surface area contributed by atoms with Crippen LogP contribution in [0.5, 0.6) is 0 Å². The SMILES string of the molecule is O=C1CCC(c2cccc(C(F)(F)F)c2)C(=O)N1. The van der Waals surface area contributed by atoms with Crippen molar-refractivity contribution >= 4 is 11.8 Å². The number of hydrogen-bond acceptors (Lipinski definition) is 2. The number of carbonyl (C=O) groups excluding carboxylic acids is 2. The minimum Gasteiger partial charge on any atom is -0.296 e. The molecule has 0 bridgehead atoms. The normalized spacial score (nSPS) is 20.7. The Morgan fingerprint density at radius 3 is 2.56 bits per heavy atom. The van der Waals surface area contributed by atoms with Crippen LogP contribution in [0.4, 0.5) is 13.2 Å². The standard InChI is InChI=1S/C12H10F3NO2/c13-12(14,15)8-3-1-2-7(6-8)9-4-5-10(17)16-11(9)18/h1-3,6,9H,4-5H2,(H,16,17,18). The van der Waals surface area contributed by atoms with Crippen LogP contribution in [-0.2, 0) is 15.8 Å². The van der Waals surface area contributed by atoms with E-state index in [1.54, 1.807) is 0 Å². The first-order valence-corrected chi connectivity index (χ1v) is 5.39. The molecule has 2 rings (SSSR count). The van der Waals surface area contributed by atoms with Gasteiger partial charge in [0.15, 0.2) is 0 Å². The molecule has 1 N–H and O–H groups in total. The maximum Gasteiger partial charge on any atom is 0.416 e. The molecule has 1 aliphatic heterocycles. The fourth-order valence-corrected chi connectivity index (χ4v) is 1.94. The van der Waals surface area contributed by atoms with Crippen LogP contribution in [0, 0.1) is 0 Å². The lowest BCUT2D eigenvalue weighted by Gasteiger charge is -2.21. The van der Waals surface area contributed by atoms with Gasteiger partial charge in [-0.2, -0.15) is 13.2 Å². The number of piperidine rings is 1. The molecule has 2 amide bonds. The molecule has 0 radical (unpaired) electrons. The summed E-state index contributed by atoms with van der Waals surface area (Å²) in [6.07, 6.45) is -4.05. The Morgan fingerprint density at radius 2 is 1.94 bits per heavy atom. The molecule has 0 aliphatic carbocycles. The first-order valence-electron chi connectivity index (χ1n) is 5.39. The summed E-state index contributed by atoms with van der Waals surface area (Å²) in [4.78, 5) is 22.5. The average Bonchev–Trinajstić information content (AvgIpc) is 2.28. The van der Waals surface area contributed by atoms with Crippen molar-refractivity contribution in [3.05, 3.63) is 35.4 Å². The number of halogens is 3. The van der Waals surface area contributed by atoms with Crippen molar-refractivity contribution in [3.63, 3.8) is 0 Å². The van der Waals surface area contributed by atoms with Crippen LogP contribution in [0.3, 0.4) is 0 Å². The summed E-state index contributed by atoms with van der Waals surface area (Å²) in [7, 11) is 0. The van der Waals surface area contributed by atoms with Gasteiger partial charge in [-0.1, -0.05) is 18.2 Å². The molecule has 1 fully saturated rings. The van der Waals surface area contributed by atoms with Crippen LogP contribution in [0.2, 0.25) is 0 Å². The van der Waals surface area contributed by atoms with E-state index in [1.807, 2.05) is 0 Å². The minimum absolute atomic E-state index is 0.145. The lowest BCUT2D eigenvalue weighted by atomic mass is 9.89. The number of imide groups is 1. The fourth-order valence-electron chi connectivity index (χ4n) is 1.94. The van der Waals surface area contributed by atoms with Gasteiger partial charge in [-0.15, -0.1) is 0 Å². The highest BCUT2D eigenvalue weighted by Gasteiger charge is 2.33. The molecule has 0 aromatic heterocycles. The average molecular weight is 257 g/mol. The summed E-state index contributed by atoms with van der Waals surface area (Å²) in [5, 5.41) is 2.13. The predicted molar refractivity (Wildman–Crippen MR) is 56.6 cm³/mol. The number of rotatable bonds is 1. The van der Waals surface area contributed by atoms with Crippen molar-refractivity contribution in [2.45, 2.75) is 24.9 Å². The Hall–Kier alpha value is -1.85. The lowest BCUT2D eigenvalue weighted by molar-refractivity contribution is -0.138. The number of carbonyl (C=O) groups is 2. The van der Waals surface area contributed by atoms with Gasteiger partial charge < -0.3 is 0 Å². The van der Waals surface area contributed by atoms with Crippen LogP contribution in [0.25, 0.3) is 0 Å². The van der Waals surface area contributed by atoms with E-state index in [0.717, 1.165) is 12.1 Å². The maximum atomic E-state index is 12.5. The van der Waals surface area contributed by atoms with Crippen molar-refractivity contribution in [2.75, 3.05) is 0 Å². The Kier molecular flexibility index (Phi) is 3.11. The lowest BCUT2D eigenvalue weighted by Crippen LogP contribution is -2.39. The van der Waals surface area contributed by atoms with E-state index in [1.165, 1.54) is 12.1 Å². The number of nitrogens with one attached hydrogen (secondary N) is 1. The van der Waals surface area contributed by atoms with E-state index in [0.29, 0.717) is 0 Å². The second-order valence-electron chi connectivity index (χ2n) is 4.13. The minimum atomic E-state index is -4.43. The Balaban J connectivity index is 2.29. The van der Waals surface area contributed by atoms with Crippen molar-refractivity contribution < 1.29 is 22.8 Å². The molecule has 1 saturated heterocycles. The van der Waals surface area contributed by atoms with Crippen molar-refractivity contribution in [1.29, 1.82) is 0 Å². The predicted octanol–water partition coefficient (Wildman–Crippen LogP) is 2.23. The summed E-state index contributed by atoms with van der Waals surface area (Å²) >= 11 is 0. The van der Waals surface area contributed by atoms with Gasteiger partial charge >= 0.3 is 6.18 Å². The summed E-state index contributed by atoms with van der Waals surface area (Å²) in [6, 6.07) is 4.65. The second kappa shape index (κ2) is 4.44. The first kappa shape index (κ1) is 12.6. The molecule has 1 aromatic rings. The number of amides is 2. The monoisotopic (exact) mass is 257 g/mol. The Labute approximate surface area is 101 Å². The molecule has 0 spiro atoms. The fraction of sp³-hybridized carbons (Fsp3) is 0.333. The highest BCUT2D eigenvalue weighted by atomic mass is 19.4. The zero-order chi connectivity index (χ0) is 13.3. The van der Waals surface area contributed by atoms with Crippen LogP contribution in [-0.4, -0.2) is 11.8 Å². The first-order chi connectivity index (χ1) is 8.38. The molecule has 6 heteroatoms. The van der Waals surface area contributed by atoms with E-state index < -0.39 is 23.6 Å². The van der Waals surface area contributed by atoms with Crippen LogP contribution >= 0.6 is 0 Å². The van der Waals surface area contributed by atoms with E-state index >= 15 is 0 Å². The highest BCUT2D eigenvalue weighted by Crippen LogP contribution is 2.32. The number of hydrogen-bond donors (Lipinski definition) is 1. The summed E-state index contributed by atoms with van der Waals surface area (Å²) in [6.45, 7) is 0. The van der Waals surface area contributed by atoms with Gasteiger partial charge in [-0.3, -0.25) is 14.9 Å².